The Bertz CT molecular complexity index is 499. The van der Waals surface area contributed by atoms with Crippen LogP contribution in [0.2, 0.25) is 5.02 Å². The first-order valence-corrected chi connectivity index (χ1v) is 6.49. The molecule has 16 heavy (non-hydrogen) atoms. The van der Waals surface area contributed by atoms with Crippen LogP contribution in [0.25, 0.3) is 0 Å². The van der Waals surface area contributed by atoms with Crippen LogP contribution >= 0.6 is 11.6 Å². The van der Waals surface area contributed by atoms with Crippen molar-refractivity contribution in [3.05, 3.63) is 41.2 Å². The van der Waals surface area contributed by atoms with Gasteiger partial charge < -0.3 is 5.73 Å². The van der Waals surface area contributed by atoms with Crippen molar-refractivity contribution in [3.8, 4) is 0 Å². The summed E-state index contributed by atoms with van der Waals surface area (Å²) >= 11 is 5.68. The fourth-order valence-electron chi connectivity index (χ4n) is 1.12. The molecule has 0 unspecified atom stereocenters. The predicted molar refractivity (Wildman–Crippen MR) is 61.8 cm³/mol. The van der Waals surface area contributed by atoms with Crippen LogP contribution in [-0.2, 0) is 9.84 Å². The second kappa shape index (κ2) is 5.43. The summed E-state index contributed by atoms with van der Waals surface area (Å²) in [6.45, 7) is -0.129. The van der Waals surface area contributed by atoms with E-state index in [9.17, 15) is 12.8 Å². The number of halogens is 2. The summed E-state index contributed by atoms with van der Waals surface area (Å²) in [5.41, 5.74) is 5.23. The second-order valence-electron chi connectivity index (χ2n) is 3.19. The van der Waals surface area contributed by atoms with Crippen LogP contribution in [0.3, 0.4) is 0 Å². The van der Waals surface area contributed by atoms with E-state index in [2.05, 4.69) is 0 Å². The molecule has 0 radical (unpaired) electrons. The van der Waals surface area contributed by atoms with Gasteiger partial charge in [0.05, 0.1) is 17.0 Å². The molecule has 1 aromatic carbocycles. The Morgan fingerprint density at radius 1 is 1.50 bits per heavy atom. The Balaban J connectivity index is 3.03. The first-order chi connectivity index (χ1) is 7.49. The van der Waals surface area contributed by atoms with Gasteiger partial charge in [0.25, 0.3) is 0 Å². The molecule has 0 aromatic heterocycles. The maximum absolute atomic E-state index is 12.3. The average molecular weight is 264 g/mol. The van der Waals surface area contributed by atoms with Crippen LogP contribution in [0.15, 0.2) is 41.1 Å². The topological polar surface area (TPSA) is 60.2 Å². The highest BCUT2D eigenvalue weighted by Crippen LogP contribution is 2.18. The second-order valence-corrected chi connectivity index (χ2v) is 5.61. The highest BCUT2D eigenvalue weighted by Gasteiger charge is 2.16. The maximum atomic E-state index is 12.3. The normalized spacial score (nSPS) is 12.8. The Morgan fingerprint density at radius 2 is 2.19 bits per heavy atom. The van der Waals surface area contributed by atoms with Crippen molar-refractivity contribution >= 4 is 21.4 Å². The fourth-order valence-corrected chi connectivity index (χ4v) is 2.81. The van der Waals surface area contributed by atoms with E-state index in [1.807, 2.05) is 0 Å². The van der Waals surface area contributed by atoms with Crippen LogP contribution in [0.1, 0.15) is 0 Å². The van der Waals surface area contributed by atoms with Crippen molar-refractivity contribution in [3.63, 3.8) is 0 Å². The van der Waals surface area contributed by atoms with Crippen molar-refractivity contribution in [1.82, 2.24) is 0 Å². The summed E-state index contributed by atoms with van der Waals surface area (Å²) in [5, 5.41) is 0.319. The molecule has 1 rings (SSSR count). The van der Waals surface area contributed by atoms with Gasteiger partial charge in [0.1, 0.15) is 0 Å². The van der Waals surface area contributed by atoms with E-state index < -0.39 is 15.6 Å². The molecule has 0 saturated heterocycles. The predicted octanol–water partition coefficient (Wildman–Crippen LogP) is 1.93. The minimum atomic E-state index is -3.58. The molecule has 0 aliphatic carbocycles. The van der Waals surface area contributed by atoms with Gasteiger partial charge in [-0.1, -0.05) is 17.7 Å². The van der Waals surface area contributed by atoms with Crippen LogP contribution in [0.5, 0.6) is 0 Å². The highest BCUT2D eigenvalue weighted by atomic mass is 35.5. The number of hydrogen-bond donors (Lipinski definition) is 1. The van der Waals surface area contributed by atoms with Crippen molar-refractivity contribution in [2.45, 2.75) is 4.90 Å². The van der Waals surface area contributed by atoms with Gasteiger partial charge in [-0.15, -0.1) is 0 Å². The first kappa shape index (κ1) is 13.2. The van der Waals surface area contributed by atoms with E-state index in [0.717, 1.165) is 0 Å². The lowest BCUT2D eigenvalue weighted by molar-refractivity contribution is 0.596. The van der Waals surface area contributed by atoms with Crippen molar-refractivity contribution in [1.29, 1.82) is 0 Å². The quantitative estimate of drug-likeness (QED) is 0.903. The third-order valence-electron chi connectivity index (χ3n) is 1.95. The van der Waals surface area contributed by atoms with E-state index in [-0.39, 0.29) is 23.3 Å². The van der Waals surface area contributed by atoms with E-state index >= 15 is 0 Å². The molecule has 0 bridgehead atoms. The summed E-state index contributed by atoms with van der Waals surface area (Å²) in [4.78, 5) is 0.0628. The molecule has 6 heteroatoms. The smallest absolute Gasteiger partial charge is 0.182 e. The third kappa shape index (κ3) is 3.30. The SMILES string of the molecule is NC/C(=C\F)CS(=O)(=O)c1cccc(Cl)c1. The summed E-state index contributed by atoms with van der Waals surface area (Å²) in [6, 6.07) is 5.82. The van der Waals surface area contributed by atoms with Gasteiger partial charge >= 0.3 is 0 Å². The van der Waals surface area contributed by atoms with Crippen LogP contribution < -0.4 is 5.73 Å². The van der Waals surface area contributed by atoms with Gasteiger partial charge in [-0.2, -0.15) is 0 Å². The molecule has 0 amide bonds. The van der Waals surface area contributed by atoms with Crippen molar-refractivity contribution in [2.75, 3.05) is 12.3 Å². The molecule has 2 N–H and O–H groups in total. The average Bonchev–Trinajstić information content (AvgIpc) is 2.26. The highest BCUT2D eigenvalue weighted by molar-refractivity contribution is 7.91. The fraction of sp³-hybridized carbons (Fsp3) is 0.200. The van der Waals surface area contributed by atoms with Crippen molar-refractivity contribution in [2.24, 2.45) is 5.73 Å². The molecule has 0 aliphatic rings. The first-order valence-electron chi connectivity index (χ1n) is 4.46. The number of nitrogens with two attached hydrogens (primary N) is 1. The molecular weight excluding hydrogens is 253 g/mol. The van der Waals surface area contributed by atoms with E-state index in [1.165, 1.54) is 18.2 Å². The Morgan fingerprint density at radius 3 is 2.69 bits per heavy atom. The molecule has 1 aromatic rings. The summed E-state index contributed by atoms with van der Waals surface area (Å²) in [7, 11) is -3.58. The summed E-state index contributed by atoms with van der Waals surface area (Å²) < 4.78 is 35.8. The Hall–Kier alpha value is -0.910. The van der Waals surface area contributed by atoms with Crippen LogP contribution in [-0.4, -0.2) is 20.7 Å². The summed E-state index contributed by atoms with van der Waals surface area (Å²) in [5.74, 6) is -0.430. The maximum Gasteiger partial charge on any atom is 0.182 e. The lowest BCUT2D eigenvalue weighted by atomic mass is 10.3. The van der Waals surface area contributed by atoms with Crippen LogP contribution in [0, 0.1) is 0 Å². The molecule has 3 nitrogen and oxygen atoms in total. The Kier molecular flexibility index (Phi) is 4.46. The summed E-state index contributed by atoms with van der Waals surface area (Å²) in [6.07, 6.45) is 0.224. The molecular formula is C10H11ClFNO2S. The minimum absolute atomic E-state index is 0.0278. The zero-order valence-electron chi connectivity index (χ0n) is 8.36. The van der Waals surface area contributed by atoms with Gasteiger partial charge in [-0.05, 0) is 23.8 Å². The lowest BCUT2D eigenvalue weighted by Gasteiger charge is -2.05. The standard InChI is InChI=1S/C10H11ClFNO2S/c11-9-2-1-3-10(4-9)16(14,15)7-8(5-12)6-13/h1-5H,6-7,13H2/b8-5+. The molecule has 0 atom stereocenters. The molecule has 0 fully saturated rings. The van der Waals surface area contributed by atoms with Gasteiger partial charge in [-0.3, -0.25) is 0 Å². The van der Waals surface area contributed by atoms with Gasteiger partial charge in [0.15, 0.2) is 9.84 Å². The molecule has 0 aliphatic heterocycles. The van der Waals surface area contributed by atoms with E-state index in [0.29, 0.717) is 5.02 Å². The van der Waals surface area contributed by atoms with E-state index in [1.54, 1.807) is 6.07 Å². The van der Waals surface area contributed by atoms with Crippen molar-refractivity contribution < 1.29 is 12.8 Å². The monoisotopic (exact) mass is 263 g/mol. The number of benzene rings is 1. The number of rotatable bonds is 4. The zero-order chi connectivity index (χ0) is 12.2. The number of hydrogen-bond acceptors (Lipinski definition) is 3. The Labute approximate surface area is 98.6 Å². The molecule has 88 valence electrons. The minimum Gasteiger partial charge on any atom is -0.327 e. The van der Waals surface area contributed by atoms with Crippen LogP contribution in [0.4, 0.5) is 4.39 Å². The lowest BCUT2D eigenvalue weighted by Crippen LogP contribution is -2.14. The molecule has 0 saturated carbocycles. The zero-order valence-corrected chi connectivity index (χ0v) is 9.93. The van der Waals surface area contributed by atoms with E-state index in [4.69, 9.17) is 17.3 Å². The third-order valence-corrected chi connectivity index (χ3v) is 3.91. The van der Waals surface area contributed by atoms with Gasteiger partial charge in [0, 0.05) is 11.6 Å². The van der Waals surface area contributed by atoms with Gasteiger partial charge in [-0.25, -0.2) is 12.8 Å². The number of sulfone groups is 1. The van der Waals surface area contributed by atoms with Gasteiger partial charge in [0.2, 0.25) is 0 Å². The largest absolute Gasteiger partial charge is 0.327 e. The molecule has 0 spiro atoms. The molecule has 0 heterocycles.